The Morgan fingerprint density at radius 1 is 1.14 bits per heavy atom. The van der Waals surface area contributed by atoms with Crippen molar-refractivity contribution in [3.8, 4) is 0 Å². The van der Waals surface area contributed by atoms with Gasteiger partial charge in [-0.1, -0.05) is 30.3 Å². The summed E-state index contributed by atoms with van der Waals surface area (Å²) in [5.74, 6) is 0.195. The standard InChI is InChI=1S/C23H33N3O3/c1-2-24-22(28)26(19-8-9-19)20-10-15-29-23(17-20)11-13-25(14-12-23)21(27)16-18-6-4-3-5-7-18/h3-7,19-20H,2,8-17H2,1H3,(H,24,28). The number of nitrogens with zero attached hydrogens (tertiary/aromatic N) is 2. The third-order valence-electron chi connectivity index (χ3n) is 6.59. The van der Waals surface area contributed by atoms with Crippen LogP contribution in [0.15, 0.2) is 30.3 Å². The maximum absolute atomic E-state index is 12.7. The molecule has 6 heteroatoms. The van der Waals surface area contributed by atoms with Gasteiger partial charge in [-0.3, -0.25) is 4.79 Å². The molecule has 1 unspecified atom stereocenters. The molecule has 1 aliphatic carbocycles. The minimum Gasteiger partial charge on any atom is -0.375 e. The van der Waals surface area contributed by atoms with Crippen molar-refractivity contribution < 1.29 is 14.3 Å². The van der Waals surface area contributed by atoms with E-state index in [2.05, 4.69) is 10.2 Å². The lowest BCUT2D eigenvalue weighted by molar-refractivity contribution is -0.147. The van der Waals surface area contributed by atoms with Crippen LogP contribution < -0.4 is 5.32 Å². The summed E-state index contributed by atoms with van der Waals surface area (Å²) in [4.78, 5) is 29.4. The number of nitrogens with one attached hydrogen (secondary N) is 1. The third-order valence-corrected chi connectivity index (χ3v) is 6.59. The van der Waals surface area contributed by atoms with Crippen LogP contribution in [0.25, 0.3) is 0 Å². The van der Waals surface area contributed by atoms with E-state index in [9.17, 15) is 9.59 Å². The first-order valence-electron chi connectivity index (χ1n) is 11.1. The molecule has 6 nitrogen and oxygen atoms in total. The summed E-state index contributed by atoms with van der Waals surface area (Å²) in [7, 11) is 0. The molecule has 0 bridgehead atoms. The fourth-order valence-corrected chi connectivity index (χ4v) is 4.86. The monoisotopic (exact) mass is 399 g/mol. The molecule has 158 valence electrons. The van der Waals surface area contributed by atoms with Gasteiger partial charge in [-0.25, -0.2) is 4.79 Å². The van der Waals surface area contributed by atoms with Crippen LogP contribution in [-0.2, 0) is 16.0 Å². The van der Waals surface area contributed by atoms with Crippen LogP contribution >= 0.6 is 0 Å². The number of likely N-dealkylation sites (tertiary alicyclic amines) is 1. The van der Waals surface area contributed by atoms with Crippen LogP contribution in [-0.4, -0.2) is 65.7 Å². The first kappa shape index (κ1) is 20.2. The van der Waals surface area contributed by atoms with Crippen LogP contribution in [0.1, 0.15) is 51.0 Å². The topological polar surface area (TPSA) is 61.9 Å². The van der Waals surface area contributed by atoms with Crippen LogP contribution in [0.4, 0.5) is 4.79 Å². The summed E-state index contributed by atoms with van der Waals surface area (Å²) >= 11 is 0. The molecule has 0 aromatic heterocycles. The van der Waals surface area contributed by atoms with Gasteiger partial charge in [0.05, 0.1) is 12.0 Å². The highest BCUT2D eigenvalue weighted by Gasteiger charge is 2.46. The van der Waals surface area contributed by atoms with Crippen molar-refractivity contribution in [1.29, 1.82) is 0 Å². The number of carbonyl (C=O) groups excluding carboxylic acids is 2. The molecule has 2 heterocycles. The van der Waals surface area contributed by atoms with Gasteiger partial charge in [-0.05, 0) is 51.0 Å². The number of hydrogen-bond donors (Lipinski definition) is 1. The molecule has 3 aliphatic rings. The maximum atomic E-state index is 12.7. The van der Waals surface area contributed by atoms with E-state index in [4.69, 9.17) is 4.74 Å². The molecular formula is C23H33N3O3. The number of benzene rings is 1. The van der Waals surface area contributed by atoms with Gasteiger partial charge in [-0.2, -0.15) is 0 Å². The van der Waals surface area contributed by atoms with Crippen molar-refractivity contribution in [2.24, 2.45) is 0 Å². The van der Waals surface area contributed by atoms with Gasteiger partial charge in [0.1, 0.15) is 0 Å². The molecule has 0 radical (unpaired) electrons. The predicted molar refractivity (Wildman–Crippen MR) is 112 cm³/mol. The Kier molecular flexibility index (Phi) is 6.09. The molecule has 1 aromatic rings. The Morgan fingerprint density at radius 2 is 1.86 bits per heavy atom. The van der Waals surface area contributed by atoms with Gasteiger partial charge in [0.15, 0.2) is 0 Å². The molecule has 3 amide bonds. The molecular weight excluding hydrogens is 366 g/mol. The predicted octanol–water partition coefficient (Wildman–Crippen LogP) is 2.96. The Bertz CT molecular complexity index is 711. The highest BCUT2D eigenvalue weighted by Crippen LogP contribution is 2.40. The molecule has 1 aromatic carbocycles. The highest BCUT2D eigenvalue weighted by molar-refractivity contribution is 5.79. The molecule has 3 fully saturated rings. The quantitative estimate of drug-likeness (QED) is 0.828. The average molecular weight is 400 g/mol. The Hall–Kier alpha value is -2.08. The van der Waals surface area contributed by atoms with Crippen molar-refractivity contribution in [2.45, 2.75) is 69.6 Å². The average Bonchev–Trinajstić information content (AvgIpc) is 3.55. The van der Waals surface area contributed by atoms with E-state index in [1.54, 1.807) is 0 Å². The van der Waals surface area contributed by atoms with Gasteiger partial charge >= 0.3 is 6.03 Å². The molecule has 1 atom stereocenters. The number of hydrogen-bond acceptors (Lipinski definition) is 3. The van der Waals surface area contributed by atoms with E-state index in [0.717, 1.165) is 57.2 Å². The number of urea groups is 1. The summed E-state index contributed by atoms with van der Waals surface area (Å²) in [6.45, 7) is 4.81. The largest absolute Gasteiger partial charge is 0.375 e. The van der Waals surface area contributed by atoms with E-state index in [-0.39, 0.29) is 23.6 Å². The number of ether oxygens (including phenoxy) is 1. The Morgan fingerprint density at radius 3 is 2.52 bits per heavy atom. The van der Waals surface area contributed by atoms with Crippen molar-refractivity contribution in [3.63, 3.8) is 0 Å². The number of carbonyl (C=O) groups is 2. The van der Waals surface area contributed by atoms with Crippen molar-refractivity contribution in [2.75, 3.05) is 26.2 Å². The minimum atomic E-state index is -0.188. The molecule has 2 aliphatic heterocycles. The Balaban J connectivity index is 1.35. The van der Waals surface area contributed by atoms with E-state index < -0.39 is 0 Å². The van der Waals surface area contributed by atoms with Crippen LogP contribution in [0.5, 0.6) is 0 Å². The summed E-state index contributed by atoms with van der Waals surface area (Å²) < 4.78 is 6.28. The second kappa shape index (κ2) is 8.74. The Labute approximate surface area is 173 Å². The second-order valence-corrected chi connectivity index (χ2v) is 8.70. The van der Waals surface area contributed by atoms with Crippen LogP contribution in [0.3, 0.4) is 0 Å². The number of rotatable bonds is 5. The number of piperidine rings is 1. The van der Waals surface area contributed by atoms with Crippen LogP contribution in [0.2, 0.25) is 0 Å². The van der Waals surface area contributed by atoms with Gasteiger partial charge in [0, 0.05) is 38.3 Å². The van der Waals surface area contributed by atoms with Crippen molar-refractivity contribution in [3.05, 3.63) is 35.9 Å². The van der Waals surface area contributed by atoms with E-state index in [1.807, 2.05) is 42.2 Å². The van der Waals surface area contributed by atoms with Crippen molar-refractivity contribution in [1.82, 2.24) is 15.1 Å². The minimum absolute atomic E-state index is 0.0764. The highest BCUT2D eigenvalue weighted by atomic mass is 16.5. The first-order valence-corrected chi connectivity index (χ1v) is 11.1. The zero-order chi connectivity index (χ0) is 20.3. The zero-order valence-electron chi connectivity index (χ0n) is 17.4. The van der Waals surface area contributed by atoms with Gasteiger partial charge in [0.2, 0.25) is 5.91 Å². The maximum Gasteiger partial charge on any atom is 0.317 e. The molecule has 29 heavy (non-hydrogen) atoms. The smallest absolute Gasteiger partial charge is 0.317 e. The molecule has 1 saturated carbocycles. The first-order chi connectivity index (χ1) is 14.1. The van der Waals surface area contributed by atoms with Gasteiger partial charge in [-0.15, -0.1) is 0 Å². The van der Waals surface area contributed by atoms with E-state index in [1.165, 1.54) is 0 Å². The van der Waals surface area contributed by atoms with Gasteiger partial charge < -0.3 is 19.9 Å². The normalized spacial score (nSPS) is 23.6. The second-order valence-electron chi connectivity index (χ2n) is 8.70. The fraction of sp³-hybridized carbons (Fsp3) is 0.652. The van der Waals surface area contributed by atoms with Crippen molar-refractivity contribution >= 4 is 11.9 Å². The fourth-order valence-electron chi connectivity index (χ4n) is 4.86. The van der Waals surface area contributed by atoms with E-state index in [0.29, 0.717) is 25.6 Å². The molecule has 2 saturated heterocycles. The lowest BCUT2D eigenvalue weighted by atomic mass is 9.81. The van der Waals surface area contributed by atoms with E-state index >= 15 is 0 Å². The lowest BCUT2D eigenvalue weighted by Gasteiger charge is -2.48. The summed E-state index contributed by atoms with van der Waals surface area (Å²) in [5, 5.41) is 2.99. The molecule has 1 spiro atoms. The lowest BCUT2D eigenvalue weighted by Crippen LogP contribution is -2.57. The molecule has 1 N–H and O–H groups in total. The summed E-state index contributed by atoms with van der Waals surface area (Å²) in [5.41, 5.74) is 0.875. The van der Waals surface area contributed by atoms with Crippen LogP contribution in [0, 0.1) is 0 Å². The number of amides is 3. The van der Waals surface area contributed by atoms with Gasteiger partial charge in [0.25, 0.3) is 0 Å². The SMILES string of the molecule is CCNC(=O)N(C1CC1)C1CCOC2(CCN(C(=O)Cc3ccccc3)CC2)C1. The molecule has 4 rings (SSSR count). The third kappa shape index (κ3) is 4.74. The summed E-state index contributed by atoms with van der Waals surface area (Å²) in [6, 6.07) is 10.7. The summed E-state index contributed by atoms with van der Waals surface area (Å²) in [6.07, 6.45) is 6.21. The zero-order valence-corrected chi connectivity index (χ0v) is 17.4.